The first kappa shape index (κ1) is 20.0. The van der Waals surface area contributed by atoms with Crippen molar-refractivity contribution < 1.29 is 32.2 Å². The number of aliphatic imine (C=N–C) groups is 1. The van der Waals surface area contributed by atoms with Gasteiger partial charge in [-0.2, -0.15) is 0 Å². The van der Waals surface area contributed by atoms with Crippen LogP contribution in [-0.4, -0.2) is 24.8 Å². The Morgan fingerprint density at radius 3 is 2.33 bits per heavy atom. The first-order valence-electron chi connectivity index (χ1n) is 9.47. The molecule has 0 spiro atoms. The molecule has 1 aliphatic heterocycles. The van der Waals surface area contributed by atoms with Crippen molar-refractivity contribution in [3.63, 3.8) is 0 Å². The van der Waals surface area contributed by atoms with Crippen LogP contribution in [0.15, 0.2) is 59.2 Å². The summed E-state index contributed by atoms with van der Waals surface area (Å²) >= 11 is 0. The van der Waals surface area contributed by atoms with Gasteiger partial charge < -0.3 is 14.2 Å². The largest absolute Gasteiger partial charge is 0.573 e. The third kappa shape index (κ3) is 5.40. The van der Waals surface area contributed by atoms with E-state index in [9.17, 15) is 18.0 Å². The number of alkyl halides is 3. The van der Waals surface area contributed by atoms with E-state index in [1.54, 1.807) is 24.3 Å². The van der Waals surface area contributed by atoms with E-state index < -0.39 is 12.3 Å². The molecule has 0 radical (unpaired) electrons. The molecule has 0 bridgehead atoms. The lowest BCUT2D eigenvalue weighted by atomic mass is 10.2. The van der Waals surface area contributed by atoms with Gasteiger partial charge in [-0.15, -0.1) is 13.2 Å². The number of hydrogen-bond acceptors (Lipinski definition) is 5. The zero-order chi connectivity index (χ0) is 21.1. The summed E-state index contributed by atoms with van der Waals surface area (Å²) in [5.74, 6) is 0.719. The van der Waals surface area contributed by atoms with Crippen molar-refractivity contribution in [2.45, 2.75) is 25.6 Å². The van der Waals surface area contributed by atoms with Gasteiger partial charge in [0, 0.05) is 5.56 Å². The summed E-state index contributed by atoms with van der Waals surface area (Å²) in [4.78, 5) is 16.3. The lowest BCUT2D eigenvalue weighted by Crippen LogP contribution is -2.16. The number of nitrogens with zero attached hydrogens (tertiary/aromatic N) is 1. The van der Waals surface area contributed by atoms with E-state index in [0.29, 0.717) is 17.7 Å². The fourth-order valence-corrected chi connectivity index (χ4v) is 2.90. The molecule has 2 aromatic carbocycles. The lowest BCUT2D eigenvalue weighted by Gasteiger charge is -2.08. The molecule has 30 heavy (non-hydrogen) atoms. The third-order valence-corrected chi connectivity index (χ3v) is 4.63. The van der Waals surface area contributed by atoms with Crippen LogP contribution in [0.2, 0.25) is 0 Å². The summed E-state index contributed by atoms with van der Waals surface area (Å²) in [6.45, 7) is 0.680. The van der Waals surface area contributed by atoms with Gasteiger partial charge in [0.2, 0.25) is 5.90 Å². The van der Waals surface area contributed by atoms with E-state index in [2.05, 4.69) is 9.73 Å². The molecule has 1 saturated carbocycles. The molecule has 4 rings (SSSR count). The van der Waals surface area contributed by atoms with E-state index in [0.717, 1.165) is 30.2 Å². The average Bonchev–Trinajstić information content (AvgIpc) is 3.45. The molecule has 0 N–H and O–H groups in total. The van der Waals surface area contributed by atoms with Crippen molar-refractivity contribution in [2.24, 2.45) is 10.9 Å². The quantitative estimate of drug-likeness (QED) is 0.464. The van der Waals surface area contributed by atoms with Gasteiger partial charge in [-0.3, -0.25) is 0 Å². The van der Waals surface area contributed by atoms with Crippen LogP contribution in [0, 0.1) is 5.92 Å². The van der Waals surface area contributed by atoms with E-state index in [4.69, 9.17) is 9.47 Å². The fourth-order valence-electron chi connectivity index (χ4n) is 2.90. The Bertz CT molecular complexity index is 975. The van der Waals surface area contributed by atoms with Crippen molar-refractivity contribution in [2.75, 3.05) is 6.61 Å². The Hall–Kier alpha value is -3.29. The summed E-state index contributed by atoms with van der Waals surface area (Å²) in [6.07, 6.45) is 0.307. The van der Waals surface area contributed by atoms with Crippen LogP contribution in [0.3, 0.4) is 0 Å². The topological polar surface area (TPSA) is 57.1 Å². The summed E-state index contributed by atoms with van der Waals surface area (Å²) in [7, 11) is 0. The van der Waals surface area contributed by atoms with Crippen molar-refractivity contribution >= 4 is 17.9 Å². The predicted octanol–water partition coefficient (Wildman–Crippen LogP) is 5.11. The van der Waals surface area contributed by atoms with Crippen LogP contribution in [-0.2, 0) is 9.53 Å². The summed E-state index contributed by atoms with van der Waals surface area (Å²) in [6, 6.07) is 12.2. The van der Waals surface area contributed by atoms with Crippen LogP contribution in [0.5, 0.6) is 11.5 Å². The molecular weight excluding hydrogens is 399 g/mol. The number of halogens is 3. The summed E-state index contributed by atoms with van der Waals surface area (Å²) in [5.41, 5.74) is 1.16. The van der Waals surface area contributed by atoms with Crippen LogP contribution in [0.4, 0.5) is 13.2 Å². The van der Waals surface area contributed by atoms with Gasteiger partial charge in [0.15, 0.2) is 5.70 Å². The van der Waals surface area contributed by atoms with Crippen LogP contribution in [0.1, 0.15) is 30.4 Å². The Kier molecular flexibility index (Phi) is 5.48. The second kappa shape index (κ2) is 8.22. The normalized spacial score (nSPS) is 17.6. The van der Waals surface area contributed by atoms with E-state index in [1.165, 1.54) is 31.1 Å². The molecule has 5 nitrogen and oxygen atoms in total. The zero-order valence-corrected chi connectivity index (χ0v) is 15.8. The van der Waals surface area contributed by atoms with Gasteiger partial charge in [-0.05, 0) is 60.4 Å². The SMILES string of the molecule is O=C1OC(c2ccc(OCCC3CC3)cc2)=N/C1=C\c1ccc(OC(F)(F)F)cc1. The fraction of sp³-hybridized carbons (Fsp3) is 0.273. The van der Waals surface area contributed by atoms with Gasteiger partial charge in [0.1, 0.15) is 11.5 Å². The van der Waals surface area contributed by atoms with Gasteiger partial charge in [0.05, 0.1) is 6.61 Å². The molecule has 1 aliphatic carbocycles. The molecule has 0 unspecified atom stereocenters. The maximum atomic E-state index is 12.2. The highest BCUT2D eigenvalue weighted by Crippen LogP contribution is 2.32. The number of benzene rings is 2. The average molecular weight is 417 g/mol. The zero-order valence-electron chi connectivity index (χ0n) is 15.8. The lowest BCUT2D eigenvalue weighted by molar-refractivity contribution is -0.274. The number of rotatable bonds is 7. The second-order valence-electron chi connectivity index (χ2n) is 7.06. The van der Waals surface area contributed by atoms with Crippen molar-refractivity contribution in [1.82, 2.24) is 0 Å². The maximum Gasteiger partial charge on any atom is 0.573 e. The van der Waals surface area contributed by atoms with Gasteiger partial charge >= 0.3 is 12.3 Å². The third-order valence-electron chi connectivity index (χ3n) is 4.63. The Morgan fingerprint density at radius 2 is 1.70 bits per heavy atom. The predicted molar refractivity (Wildman–Crippen MR) is 103 cm³/mol. The molecule has 1 heterocycles. The first-order valence-corrected chi connectivity index (χ1v) is 9.47. The number of carbonyl (C=O) groups is 1. The highest BCUT2D eigenvalue weighted by atomic mass is 19.4. The minimum absolute atomic E-state index is 0.0549. The van der Waals surface area contributed by atoms with Crippen molar-refractivity contribution in [3.8, 4) is 11.5 Å². The molecule has 8 heteroatoms. The van der Waals surface area contributed by atoms with Crippen LogP contribution < -0.4 is 9.47 Å². The molecule has 0 amide bonds. The molecule has 2 aliphatic rings. The van der Waals surface area contributed by atoms with Gasteiger partial charge in [-0.25, -0.2) is 9.79 Å². The minimum atomic E-state index is -4.76. The molecule has 0 saturated heterocycles. The highest BCUT2D eigenvalue weighted by molar-refractivity contribution is 6.12. The molecule has 2 aromatic rings. The Labute approximate surface area is 170 Å². The smallest absolute Gasteiger partial charge is 0.494 e. The second-order valence-corrected chi connectivity index (χ2v) is 7.06. The monoisotopic (exact) mass is 417 g/mol. The molecule has 1 fully saturated rings. The number of ether oxygens (including phenoxy) is 3. The molecule has 0 atom stereocenters. The minimum Gasteiger partial charge on any atom is -0.494 e. The molecule has 156 valence electrons. The van der Waals surface area contributed by atoms with Gasteiger partial charge in [-0.1, -0.05) is 25.0 Å². The number of carbonyl (C=O) groups excluding carboxylic acids is 1. The van der Waals surface area contributed by atoms with E-state index >= 15 is 0 Å². The summed E-state index contributed by atoms with van der Waals surface area (Å²) < 4.78 is 51.4. The van der Waals surface area contributed by atoms with Crippen molar-refractivity contribution in [1.29, 1.82) is 0 Å². The highest BCUT2D eigenvalue weighted by Gasteiger charge is 2.31. The first-order chi connectivity index (χ1) is 14.4. The van der Waals surface area contributed by atoms with Crippen LogP contribution >= 0.6 is 0 Å². The van der Waals surface area contributed by atoms with Crippen LogP contribution in [0.25, 0.3) is 6.08 Å². The Morgan fingerprint density at radius 1 is 1.03 bits per heavy atom. The summed E-state index contributed by atoms with van der Waals surface area (Å²) in [5, 5.41) is 0. The van der Waals surface area contributed by atoms with Crippen molar-refractivity contribution in [3.05, 3.63) is 65.4 Å². The number of esters is 1. The molecule has 0 aromatic heterocycles. The standard InChI is InChI=1S/C22H18F3NO4/c23-22(24,25)30-18-7-3-15(4-8-18)13-19-21(27)29-20(26-19)16-5-9-17(10-6-16)28-12-11-14-1-2-14/h3-10,13-14H,1-2,11-12H2/b19-13-. The number of hydrogen-bond donors (Lipinski definition) is 0. The van der Waals surface area contributed by atoms with E-state index in [1.807, 2.05) is 0 Å². The molecular formula is C22H18F3NO4. The Balaban J connectivity index is 1.41. The number of cyclic esters (lactones) is 1. The van der Waals surface area contributed by atoms with E-state index in [-0.39, 0.29) is 17.3 Å². The van der Waals surface area contributed by atoms with Gasteiger partial charge in [0.25, 0.3) is 0 Å². The maximum absolute atomic E-state index is 12.2.